The predicted molar refractivity (Wildman–Crippen MR) is 203 cm³/mol. The first-order valence-electron chi connectivity index (χ1n) is 17.2. The van der Waals surface area contributed by atoms with Gasteiger partial charge in [-0.05, 0) is 115 Å². The van der Waals surface area contributed by atoms with Crippen LogP contribution in [0.3, 0.4) is 0 Å². The van der Waals surface area contributed by atoms with Crippen LogP contribution in [0.1, 0.15) is 103 Å². The molecule has 0 bridgehead atoms. The summed E-state index contributed by atoms with van der Waals surface area (Å²) in [6.45, 7) is 17.8. The van der Waals surface area contributed by atoms with Crippen LogP contribution in [0.4, 0.5) is 0 Å². The first-order chi connectivity index (χ1) is 23.2. The van der Waals surface area contributed by atoms with Gasteiger partial charge in [0.2, 0.25) is 0 Å². The molecule has 0 fully saturated rings. The van der Waals surface area contributed by atoms with E-state index in [0.29, 0.717) is 6.42 Å². The highest BCUT2D eigenvalue weighted by Gasteiger charge is 2.48. The summed E-state index contributed by atoms with van der Waals surface area (Å²) in [5.74, 6) is 0.131. The second-order valence-corrected chi connectivity index (χ2v) is 13.7. The molecule has 0 N–H and O–H groups in total. The molecule has 4 aromatic carbocycles. The molecule has 1 heteroatoms. The summed E-state index contributed by atoms with van der Waals surface area (Å²) >= 11 is 0. The van der Waals surface area contributed by atoms with Gasteiger partial charge in [-0.1, -0.05) is 139 Å². The lowest BCUT2D eigenvalue weighted by Gasteiger charge is -2.36. The van der Waals surface area contributed by atoms with E-state index in [0.717, 1.165) is 17.6 Å². The molecule has 2 unspecified atom stereocenters. The third-order valence-electron chi connectivity index (χ3n) is 11.4. The van der Waals surface area contributed by atoms with Gasteiger partial charge in [0.25, 0.3) is 0 Å². The van der Waals surface area contributed by atoms with Crippen LogP contribution in [-0.2, 0) is 17.3 Å². The second-order valence-electron chi connectivity index (χ2n) is 13.7. The van der Waals surface area contributed by atoms with E-state index in [1.807, 2.05) is 6.07 Å². The molecular formula is C47H44O. The summed E-state index contributed by atoms with van der Waals surface area (Å²) in [4.78, 5) is 13.9. The average molecular weight is 625 g/mol. The summed E-state index contributed by atoms with van der Waals surface area (Å²) in [6, 6.07) is 32.6. The lowest BCUT2D eigenvalue weighted by molar-refractivity contribution is 0.0995. The van der Waals surface area contributed by atoms with Gasteiger partial charge in [-0.2, -0.15) is 0 Å². The minimum atomic E-state index is -0.432. The van der Waals surface area contributed by atoms with E-state index in [9.17, 15) is 4.79 Å². The van der Waals surface area contributed by atoms with Crippen LogP contribution < -0.4 is 0 Å². The Morgan fingerprint density at radius 2 is 1.44 bits per heavy atom. The third-order valence-corrected chi connectivity index (χ3v) is 11.4. The smallest absolute Gasteiger partial charge is 0.166 e. The molecule has 3 aliphatic rings. The molecule has 0 radical (unpaired) electrons. The van der Waals surface area contributed by atoms with Crippen LogP contribution >= 0.6 is 0 Å². The van der Waals surface area contributed by atoms with Crippen molar-refractivity contribution in [1.82, 2.24) is 0 Å². The molecule has 2 atom stereocenters. The average Bonchev–Trinajstić information content (AvgIpc) is 3.63. The maximum Gasteiger partial charge on any atom is 0.166 e. The maximum atomic E-state index is 13.9. The van der Waals surface area contributed by atoms with Crippen LogP contribution in [-0.4, -0.2) is 5.78 Å². The molecule has 4 aromatic rings. The first-order valence-corrected chi connectivity index (χ1v) is 17.2. The fourth-order valence-electron chi connectivity index (χ4n) is 9.12. The highest BCUT2D eigenvalue weighted by molar-refractivity contribution is 6.00. The molecule has 0 aromatic heterocycles. The highest BCUT2D eigenvalue weighted by Crippen LogP contribution is 2.58. The number of fused-ring (bicyclic) bond motifs is 5. The maximum absolute atomic E-state index is 13.9. The number of hydrogen-bond acceptors (Lipinski definition) is 1. The van der Waals surface area contributed by atoms with Crippen molar-refractivity contribution in [1.29, 1.82) is 0 Å². The first kappa shape index (κ1) is 31.6. The van der Waals surface area contributed by atoms with E-state index in [1.165, 1.54) is 72.4 Å². The summed E-state index contributed by atoms with van der Waals surface area (Å²) in [6.07, 6.45) is 12.1. The van der Waals surface area contributed by atoms with Crippen LogP contribution in [0.2, 0.25) is 0 Å². The van der Waals surface area contributed by atoms with Gasteiger partial charge in [-0.3, -0.25) is 4.79 Å². The van der Waals surface area contributed by atoms with Crippen LogP contribution in [0.5, 0.6) is 0 Å². The number of ketones is 1. The molecule has 1 nitrogen and oxygen atoms in total. The molecule has 7 rings (SSSR count). The zero-order valence-electron chi connectivity index (χ0n) is 29.1. The number of rotatable bonds is 8. The number of Topliss-reactive ketones (excluding diaryl/α,β-unsaturated/α-hetero) is 1. The van der Waals surface area contributed by atoms with Gasteiger partial charge >= 0.3 is 0 Å². The predicted octanol–water partition coefficient (Wildman–Crippen LogP) is 11.8. The Hall–Kier alpha value is -5.01. The SMILES string of the molecule is C=C(C)C1(c2ccccc2C/C=C\C)C(C)=C(/C=C\CC(=O)c2ccc3c(c2)C2(C(C)=Cc4ccccc42)C(C)=C3C)c2ccccc21. The Balaban J connectivity index is 1.25. The van der Waals surface area contributed by atoms with Gasteiger partial charge < -0.3 is 0 Å². The number of hydrogen-bond donors (Lipinski definition) is 0. The van der Waals surface area contributed by atoms with E-state index < -0.39 is 5.41 Å². The Bertz CT molecular complexity index is 2180. The number of carbonyl (C=O) groups excluding carboxylic acids is 1. The third kappa shape index (κ3) is 4.33. The van der Waals surface area contributed by atoms with Gasteiger partial charge in [-0.15, -0.1) is 0 Å². The molecule has 0 heterocycles. The van der Waals surface area contributed by atoms with Crippen LogP contribution in [0, 0.1) is 0 Å². The van der Waals surface area contributed by atoms with Gasteiger partial charge in [0, 0.05) is 12.0 Å². The zero-order chi connectivity index (χ0) is 33.8. The number of carbonyl (C=O) groups is 1. The van der Waals surface area contributed by atoms with E-state index in [-0.39, 0.29) is 11.2 Å². The van der Waals surface area contributed by atoms with Crippen LogP contribution in [0.25, 0.3) is 17.2 Å². The van der Waals surface area contributed by atoms with Crippen molar-refractivity contribution >= 4 is 23.0 Å². The topological polar surface area (TPSA) is 17.1 Å². The Kier molecular flexibility index (Phi) is 7.83. The van der Waals surface area contributed by atoms with Gasteiger partial charge in [0.15, 0.2) is 5.78 Å². The summed E-state index contributed by atoms with van der Waals surface area (Å²) < 4.78 is 0. The summed E-state index contributed by atoms with van der Waals surface area (Å²) in [5, 5.41) is 0. The van der Waals surface area contributed by atoms with Crippen molar-refractivity contribution in [2.24, 2.45) is 0 Å². The van der Waals surface area contributed by atoms with E-state index in [1.54, 1.807) is 0 Å². The second kappa shape index (κ2) is 11.9. The van der Waals surface area contributed by atoms with Crippen LogP contribution in [0.15, 0.2) is 144 Å². The lowest BCUT2D eigenvalue weighted by atomic mass is 9.66. The molecule has 238 valence electrons. The molecule has 0 saturated carbocycles. The van der Waals surface area contributed by atoms with E-state index in [4.69, 9.17) is 0 Å². The van der Waals surface area contributed by atoms with Crippen molar-refractivity contribution in [2.75, 3.05) is 0 Å². The van der Waals surface area contributed by atoms with E-state index >= 15 is 0 Å². The minimum absolute atomic E-state index is 0.131. The summed E-state index contributed by atoms with van der Waals surface area (Å²) in [7, 11) is 0. The molecule has 0 amide bonds. The quantitative estimate of drug-likeness (QED) is 0.141. The highest BCUT2D eigenvalue weighted by atomic mass is 16.1. The minimum Gasteiger partial charge on any atom is -0.294 e. The zero-order valence-corrected chi connectivity index (χ0v) is 29.1. The molecular weight excluding hydrogens is 581 g/mol. The molecule has 0 aliphatic heterocycles. The number of allylic oxidation sites excluding steroid dienone is 10. The van der Waals surface area contributed by atoms with Crippen molar-refractivity contribution in [2.45, 2.75) is 65.2 Å². The van der Waals surface area contributed by atoms with Gasteiger partial charge in [0.05, 0.1) is 10.8 Å². The summed E-state index contributed by atoms with van der Waals surface area (Å²) in [5.41, 5.74) is 17.7. The van der Waals surface area contributed by atoms with Crippen molar-refractivity contribution in [3.05, 3.63) is 194 Å². The molecule has 3 aliphatic carbocycles. The Morgan fingerprint density at radius 1 is 0.750 bits per heavy atom. The van der Waals surface area contributed by atoms with Crippen molar-refractivity contribution < 1.29 is 4.79 Å². The monoisotopic (exact) mass is 624 g/mol. The van der Waals surface area contributed by atoms with E-state index in [2.05, 4.69) is 163 Å². The molecule has 0 saturated heterocycles. The van der Waals surface area contributed by atoms with Crippen molar-refractivity contribution in [3.63, 3.8) is 0 Å². The largest absolute Gasteiger partial charge is 0.294 e. The van der Waals surface area contributed by atoms with Gasteiger partial charge in [0.1, 0.15) is 0 Å². The normalized spacial score (nSPS) is 21.0. The standard InChI is InChI=1S/C47H44O/c1-8-9-17-35-18-10-13-22-41(35)46(30(2)3)34(7)39(40-20-12-15-24-43(40)46)21-16-25-45(48)37-26-27-38-32(5)33(6)47(44(38)29-37)31(4)28-36-19-11-14-23-42(36)47/h8-16,18-24,26-29H,2,17,25H2,1,3-7H3/b9-8-,21-16-. The fraction of sp³-hybridized carbons (Fsp3) is 0.213. The lowest BCUT2D eigenvalue weighted by Crippen LogP contribution is -2.29. The van der Waals surface area contributed by atoms with Gasteiger partial charge in [-0.25, -0.2) is 0 Å². The number of benzene rings is 4. The Morgan fingerprint density at radius 3 is 2.19 bits per heavy atom. The molecule has 48 heavy (non-hydrogen) atoms. The Labute approximate surface area is 286 Å². The molecule has 1 spiro atoms. The fourth-order valence-corrected chi connectivity index (χ4v) is 9.12. The van der Waals surface area contributed by atoms with Crippen molar-refractivity contribution in [3.8, 4) is 0 Å².